The summed E-state index contributed by atoms with van der Waals surface area (Å²) >= 11 is 0. The van der Waals surface area contributed by atoms with Gasteiger partial charge in [0.2, 0.25) is 0 Å². The Kier molecular flexibility index (Phi) is 10.9. The highest BCUT2D eigenvalue weighted by Gasteiger charge is 2.51. The van der Waals surface area contributed by atoms with E-state index in [9.17, 15) is 0 Å². The van der Waals surface area contributed by atoms with Gasteiger partial charge in [-0.1, -0.05) is 186 Å². The molecule has 14 rings (SSSR count). The highest BCUT2D eigenvalue weighted by Crippen LogP contribution is 2.57. The van der Waals surface area contributed by atoms with E-state index in [2.05, 4.69) is 251 Å². The van der Waals surface area contributed by atoms with Crippen molar-refractivity contribution in [3.8, 4) is 22.3 Å². The SMILES string of the molecule is Cc1cc2c3c(c1)N(c1ccc4c(c1)C(C)(C)CCC4(C)C)c1c(oc4cc5c(cc14)C(C)(C)CCC5(C)C)B3C1=C(CC(c3ccccc3-c3ccccc3)C=C1)N2c1cc2c(cc1-c1ccccc1)C(C)(C)CCC2(C)C. The molecule has 3 nitrogen and oxygen atoms in total. The van der Waals surface area contributed by atoms with E-state index in [0.29, 0.717) is 0 Å². The number of aryl methyl sites for hydroxylation is 1. The van der Waals surface area contributed by atoms with Crippen molar-refractivity contribution in [1.29, 1.82) is 0 Å². The molecule has 4 aliphatic carbocycles. The van der Waals surface area contributed by atoms with Gasteiger partial charge in [0.1, 0.15) is 5.58 Å². The van der Waals surface area contributed by atoms with Crippen molar-refractivity contribution in [2.45, 2.75) is 173 Å². The van der Waals surface area contributed by atoms with Gasteiger partial charge < -0.3 is 14.2 Å². The molecule has 0 bridgehead atoms. The van der Waals surface area contributed by atoms with E-state index < -0.39 is 0 Å². The molecule has 6 aliphatic rings. The van der Waals surface area contributed by atoms with Crippen LogP contribution in [0, 0.1) is 6.92 Å². The number of fused-ring (bicyclic) bond motifs is 8. The summed E-state index contributed by atoms with van der Waals surface area (Å²) in [7, 11) is 0. The maximum atomic E-state index is 7.80. The molecule has 3 heterocycles. The standard InChI is InChI=1S/C75H79BN2O/c1-46-38-64-67-65(39-46)78(62-44-59-57(72(6,7)34-36-74(59,10)11)42-53(62)48-24-18-15-19-25-48)63-40-49(52-27-21-20-26-51(52)47-22-16-14-17-23-47)28-31-61(63)76(67)69-68(54-43-58-60(45-66(54)79-69)75(12,13)37-35-73(58,8)9)77(64)50-29-30-55-56(41-50)71(4,5)33-32-70(55,2)3/h14-31,38-39,41-45,49H,32-37,40H2,1-13H3. The van der Waals surface area contributed by atoms with Crippen LogP contribution in [0.2, 0.25) is 0 Å². The minimum Gasteiger partial charge on any atom is -0.468 e. The molecule has 398 valence electrons. The second kappa shape index (κ2) is 17.1. The molecular formula is C75H79BN2O. The fraction of sp³-hybridized carbons (Fsp3) is 0.360. The van der Waals surface area contributed by atoms with Gasteiger partial charge in [0.15, 0.2) is 0 Å². The third kappa shape index (κ3) is 7.65. The van der Waals surface area contributed by atoms with E-state index in [1.165, 1.54) is 124 Å². The first kappa shape index (κ1) is 50.4. The van der Waals surface area contributed by atoms with Gasteiger partial charge in [0, 0.05) is 39.6 Å². The normalized spacial score (nSPS) is 21.2. The minimum atomic E-state index is -0.142. The van der Waals surface area contributed by atoms with Gasteiger partial charge in [0.25, 0.3) is 6.71 Å². The number of furan rings is 1. The zero-order valence-corrected chi connectivity index (χ0v) is 49.3. The monoisotopic (exact) mass is 1030 g/mol. The Hall–Kier alpha value is -6.78. The average molecular weight is 1040 g/mol. The molecule has 1 unspecified atom stereocenters. The van der Waals surface area contributed by atoms with Gasteiger partial charge in [-0.2, -0.15) is 0 Å². The van der Waals surface area contributed by atoms with Crippen molar-refractivity contribution in [1.82, 2.24) is 0 Å². The van der Waals surface area contributed by atoms with Gasteiger partial charge in [-0.3, -0.25) is 0 Å². The Balaban J connectivity index is 1.10. The predicted octanol–water partition coefficient (Wildman–Crippen LogP) is 19.2. The van der Waals surface area contributed by atoms with Crippen molar-refractivity contribution >= 4 is 57.2 Å². The lowest BCUT2D eigenvalue weighted by Crippen LogP contribution is -2.56. The van der Waals surface area contributed by atoms with E-state index in [4.69, 9.17) is 4.42 Å². The van der Waals surface area contributed by atoms with Crippen molar-refractivity contribution in [3.63, 3.8) is 0 Å². The Morgan fingerprint density at radius 1 is 0.468 bits per heavy atom. The zero-order chi connectivity index (χ0) is 54.9. The first-order valence-electron chi connectivity index (χ1n) is 29.8. The summed E-state index contributed by atoms with van der Waals surface area (Å²) in [6.45, 7) is 31.8. The molecule has 7 aromatic carbocycles. The number of nitrogens with zero attached hydrogens (tertiary/aromatic N) is 2. The second-order valence-electron chi connectivity index (χ2n) is 28.9. The molecule has 0 radical (unpaired) electrons. The van der Waals surface area contributed by atoms with Crippen LogP contribution in [-0.4, -0.2) is 6.71 Å². The zero-order valence-electron chi connectivity index (χ0n) is 49.3. The lowest BCUT2D eigenvalue weighted by atomic mass is 9.34. The van der Waals surface area contributed by atoms with Gasteiger partial charge in [0.05, 0.1) is 17.0 Å². The first-order valence-corrected chi connectivity index (χ1v) is 29.8. The van der Waals surface area contributed by atoms with Crippen molar-refractivity contribution in [2.75, 3.05) is 9.80 Å². The fourth-order valence-corrected chi connectivity index (χ4v) is 15.7. The molecule has 79 heavy (non-hydrogen) atoms. The quantitative estimate of drug-likeness (QED) is 0.160. The van der Waals surface area contributed by atoms with E-state index in [0.717, 1.165) is 49.8 Å². The Morgan fingerprint density at radius 2 is 0.975 bits per heavy atom. The van der Waals surface area contributed by atoms with Crippen LogP contribution in [0.4, 0.5) is 28.4 Å². The van der Waals surface area contributed by atoms with Crippen molar-refractivity contribution in [2.24, 2.45) is 0 Å². The topological polar surface area (TPSA) is 19.6 Å². The maximum Gasteiger partial charge on any atom is 0.296 e. The molecule has 2 aliphatic heterocycles. The number of hydrogen-bond acceptors (Lipinski definition) is 3. The largest absolute Gasteiger partial charge is 0.468 e. The summed E-state index contributed by atoms with van der Waals surface area (Å²) < 4.78 is 7.80. The van der Waals surface area contributed by atoms with Crippen LogP contribution < -0.4 is 20.9 Å². The summed E-state index contributed by atoms with van der Waals surface area (Å²) in [6, 6.07) is 54.3. The van der Waals surface area contributed by atoms with Gasteiger partial charge in [-0.15, -0.1) is 0 Å². The molecule has 0 amide bonds. The van der Waals surface area contributed by atoms with Crippen molar-refractivity contribution in [3.05, 3.63) is 207 Å². The Labute approximate surface area is 471 Å². The van der Waals surface area contributed by atoms with E-state index >= 15 is 0 Å². The number of allylic oxidation sites excluding steroid dienone is 4. The molecule has 8 aromatic rings. The molecule has 4 heteroatoms. The third-order valence-corrected chi connectivity index (χ3v) is 20.9. The number of benzene rings is 7. The Morgan fingerprint density at radius 3 is 1.59 bits per heavy atom. The van der Waals surface area contributed by atoms with Crippen LogP contribution in [0.25, 0.3) is 33.2 Å². The third-order valence-electron chi connectivity index (χ3n) is 20.9. The summed E-state index contributed by atoms with van der Waals surface area (Å²) in [4.78, 5) is 5.44. The lowest BCUT2D eigenvalue weighted by molar-refractivity contribution is 0.332. The van der Waals surface area contributed by atoms with Gasteiger partial charge >= 0.3 is 0 Å². The van der Waals surface area contributed by atoms with Crippen LogP contribution in [0.15, 0.2) is 167 Å². The Bertz CT molecular complexity index is 3910. The second-order valence-corrected chi connectivity index (χ2v) is 28.9. The molecule has 0 saturated heterocycles. The molecule has 1 atom stereocenters. The molecule has 0 saturated carbocycles. The first-order chi connectivity index (χ1) is 37.5. The van der Waals surface area contributed by atoms with Crippen LogP contribution in [0.5, 0.6) is 0 Å². The van der Waals surface area contributed by atoms with E-state index in [1.807, 2.05) is 0 Å². The molecule has 0 N–H and O–H groups in total. The minimum absolute atomic E-state index is 0.00290. The van der Waals surface area contributed by atoms with Gasteiger partial charge in [-0.25, -0.2) is 0 Å². The summed E-state index contributed by atoms with van der Waals surface area (Å²) in [6.07, 6.45) is 12.9. The predicted molar refractivity (Wildman–Crippen MR) is 336 cm³/mol. The van der Waals surface area contributed by atoms with Crippen LogP contribution in [-0.2, 0) is 32.5 Å². The number of anilines is 5. The smallest absolute Gasteiger partial charge is 0.296 e. The number of rotatable bonds is 5. The highest BCUT2D eigenvalue weighted by molar-refractivity contribution is 6.95. The average Bonchev–Trinajstić information content (AvgIpc) is 2.91. The van der Waals surface area contributed by atoms with Crippen LogP contribution >= 0.6 is 0 Å². The van der Waals surface area contributed by atoms with Crippen LogP contribution in [0.1, 0.15) is 178 Å². The van der Waals surface area contributed by atoms with Gasteiger partial charge in [-0.05, 0) is 205 Å². The molecular weight excluding hydrogens is 956 g/mol. The highest BCUT2D eigenvalue weighted by atomic mass is 16.3. The lowest BCUT2D eigenvalue weighted by Gasteiger charge is -2.47. The van der Waals surface area contributed by atoms with Crippen molar-refractivity contribution < 1.29 is 4.42 Å². The molecule has 0 fully saturated rings. The summed E-state index contributed by atoms with van der Waals surface area (Å²) in [5, 5.41) is 1.22. The fourth-order valence-electron chi connectivity index (χ4n) is 15.7. The van der Waals surface area contributed by atoms with E-state index in [-0.39, 0.29) is 45.1 Å². The maximum absolute atomic E-state index is 7.80. The molecule has 1 aromatic heterocycles. The summed E-state index contributed by atoms with van der Waals surface area (Å²) in [5.74, 6) is 0.131. The van der Waals surface area contributed by atoms with Crippen LogP contribution in [0.3, 0.4) is 0 Å². The molecule has 0 spiro atoms. The summed E-state index contributed by atoms with van der Waals surface area (Å²) in [5.41, 5.74) is 28.9. The van der Waals surface area contributed by atoms with E-state index in [1.54, 1.807) is 0 Å². The number of hydrogen-bond donors (Lipinski definition) is 0.